The number of carbonyl (C=O) groups excluding carboxylic acids is 1. The number of rotatable bonds is 4. The van der Waals surface area contributed by atoms with Crippen LogP contribution in [0.3, 0.4) is 0 Å². The standard InChI is InChI=1S/C18H33NO4Si/c1-14(12-22-24(8,9)18(5,6)7)15-10-11-19(21-13-15)16(20)23-17(2,3)4/h10H,1,11-13H2,2-9H3. The SMILES string of the molecule is C=C(CO[Si](C)(C)C(C)(C)C)C1=CCN(C(=O)OC(C)(C)C)OC1. The molecule has 1 aliphatic rings. The zero-order valence-electron chi connectivity index (χ0n) is 16.5. The molecule has 0 aromatic heterocycles. The summed E-state index contributed by atoms with van der Waals surface area (Å²) in [7, 11) is -1.80. The zero-order chi connectivity index (χ0) is 18.8. The molecule has 1 rings (SSSR count). The third-order valence-corrected chi connectivity index (χ3v) is 8.82. The molecule has 0 atom stereocenters. The fourth-order valence-corrected chi connectivity index (χ4v) is 2.68. The van der Waals surface area contributed by atoms with Crippen LogP contribution in [0.25, 0.3) is 0 Å². The quantitative estimate of drug-likeness (QED) is 0.687. The van der Waals surface area contributed by atoms with Gasteiger partial charge in [0.1, 0.15) is 12.2 Å². The highest BCUT2D eigenvalue weighted by Gasteiger charge is 2.37. The van der Waals surface area contributed by atoms with Crippen LogP contribution in [0.15, 0.2) is 23.8 Å². The maximum atomic E-state index is 12.0. The number of hydrogen-bond donors (Lipinski definition) is 0. The first-order valence-corrected chi connectivity index (χ1v) is 11.3. The molecule has 0 aromatic rings. The van der Waals surface area contributed by atoms with E-state index >= 15 is 0 Å². The second kappa shape index (κ2) is 7.41. The largest absolute Gasteiger partial charge is 0.442 e. The highest BCUT2D eigenvalue weighted by Crippen LogP contribution is 2.37. The lowest BCUT2D eigenvalue weighted by atomic mass is 10.1. The van der Waals surface area contributed by atoms with E-state index in [4.69, 9.17) is 14.0 Å². The molecule has 0 bridgehead atoms. The number of amides is 1. The van der Waals surface area contributed by atoms with E-state index in [1.165, 1.54) is 5.06 Å². The molecule has 6 heteroatoms. The van der Waals surface area contributed by atoms with Crippen molar-refractivity contribution in [1.82, 2.24) is 5.06 Å². The van der Waals surface area contributed by atoms with Gasteiger partial charge in [0.2, 0.25) is 0 Å². The van der Waals surface area contributed by atoms with Crippen molar-refractivity contribution < 1.29 is 18.8 Å². The van der Waals surface area contributed by atoms with E-state index < -0.39 is 20.0 Å². The molecule has 0 aliphatic carbocycles. The molecule has 0 aromatic carbocycles. The van der Waals surface area contributed by atoms with E-state index in [2.05, 4.69) is 40.4 Å². The fraction of sp³-hybridized carbons (Fsp3) is 0.722. The summed E-state index contributed by atoms with van der Waals surface area (Å²) in [5.41, 5.74) is 1.35. The summed E-state index contributed by atoms with van der Waals surface area (Å²) in [6, 6.07) is 0. The van der Waals surface area contributed by atoms with Crippen LogP contribution in [-0.4, -0.2) is 44.8 Å². The fourth-order valence-electron chi connectivity index (χ4n) is 1.72. The van der Waals surface area contributed by atoms with E-state index in [1.807, 2.05) is 26.8 Å². The van der Waals surface area contributed by atoms with E-state index in [9.17, 15) is 4.79 Å². The van der Waals surface area contributed by atoms with Gasteiger partial charge in [-0.05, 0) is 50.0 Å². The lowest BCUT2D eigenvalue weighted by Crippen LogP contribution is -2.42. The van der Waals surface area contributed by atoms with Crippen molar-refractivity contribution in [2.45, 2.75) is 65.3 Å². The minimum absolute atomic E-state index is 0.165. The average Bonchev–Trinajstić information content (AvgIpc) is 2.42. The molecule has 1 aliphatic heterocycles. The van der Waals surface area contributed by atoms with Gasteiger partial charge in [0, 0.05) is 0 Å². The van der Waals surface area contributed by atoms with E-state index in [1.54, 1.807) is 0 Å². The predicted octanol–water partition coefficient (Wildman–Crippen LogP) is 4.67. The first kappa shape index (κ1) is 20.9. The average molecular weight is 356 g/mol. The molecule has 1 amide bonds. The van der Waals surface area contributed by atoms with Crippen molar-refractivity contribution in [1.29, 1.82) is 0 Å². The molecule has 0 saturated heterocycles. The molecule has 5 nitrogen and oxygen atoms in total. The maximum absolute atomic E-state index is 12.0. The van der Waals surface area contributed by atoms with Crippen molar-refractivity contribution in [2.24, 2.45) is 0 Å². The van der Waals surface area contributed by atoms with Gasteiger partial charge in [-0.1, -0.05) is 33.4 Å². The molecule has 24 heavy (non-hydrogen) atoms. The molecule has 0 radical (unpaired) electrons. The Morgan fingerprint density at radius 1 is 1.29 bits per heavy atom. The number of hydroxylamine groups is 2. The normalized spacial score (nSPS) is 16.7. The number of hydrogen-bond acceptors (Lipinski definition) is 4. The lowest BCUT2D eigenvalue weighted by Gasteiger charge is -2.36. The third kappa shape index (κ3) is 6.07. The Kier molecular flexibility index (Phi) is 6.47. The van der Waals surface area contributed by atoms with Crippen LogP contribution in [0.1, 0.15) is 41.5 Å². The number of ether oxygens (including phenoxy) is 1. The van der Waals surface area contributed by atoms with Gasteiger partial charge in [0.25, 0.3) is 0 Å². The highest BCUT2D eigenvalue weighted by atomic mass is 28.4. The van der Waals surface area contributed by atoms with Gasteiger partial charge in [-0.2, -0.15) is 5.06 Å². The van der Waals surface area contributed by atoms with Gasteiger partial charge < -0.3 is 9.16 Å². The third-order valence-electron chi connectivity index (χ3n) is 4.34. The van der Waals surface area contributed by atoms with Gasteiger partial charge in [0.15, 0.2) is 8.32 Å². The molecule has 0 saturated carbocycles. The van der Waals surface area contributed by atoms with Crippen molar-refractivity contribution in [3.05, 3.63) is 23.8 Å². The van der Waals surface area contributed by atoms with Crippen LogP contribution < -0.4 is 0 Å². The molecule has 0 N–H and O–H groups in total. The Balaban J connectivity index is 2.56. The van der Waals surface area contributed by atoms with Gasteiger partial charge in [0.05, 0.1) is 13.2 Å². The van der Waals surface area contributed by atoms with Crippen molar-refractivity contribution in [3.63, 3.8) is 0 Å². The first-order chi connectivity index (χ1) is 10.7. The summed E-state index contributed by atoms with van der Waals surface area (Å²) in [5, 5.41) is 1.40. The summed E-state index contributed by atoms with van der Waals surface area (Å²) < 4.78 is 11.5. The first-order valence-electron chi connectivity index (χ1n) is 8.37. The Bertz CT molecular complexity index is 512. The Morgan fingerprint density at radius 2 is 1.88 bits per heavy atom. The molecule has 0 fully saturated rings. The molecule has 0 spiro atoms. The van der Waals surface area contributed by atoms with Crippen molar-refractivity contribution in [2.75, 3.05) is 19.8 Å². The smallest absolute Gasteiger partial charge is 0.434 e. The van der Waals surface area contributed by atoms with Gasteiger partial charge >= 0.3 is 6.09 Å². The summed E-state index contributed by atoms with van der Waals surface area (Å²) in [5.74, 6) is 0. The molecule has 1 heterocycles. The molecular weight excluding hydrogens is 322 g/mol. The minimum Gasteiger partial charge on any atom is -0.442 e. The minimum atomic E-state index is -1.80. The summed E-state index contributed by atoms with van der Waals surface area (Å²) in [6.07, 6.45) is 1.48. The van der Waals surface area contributed by atoms with Crippen LogP contribution in [0, 0.1) is 0 Å². The van der Waals surface area contributed by atoms with Crippen molar-refractivity contribution >= 4 is 14.4 Å². The number of nitrogens with zero attached hydrogens (tertiary/aromatic N) is 1. The molecule has 138 valence electrons. The second-order valence-corrected chi connectivity index (χ2v) is 13.5. The Labute approximate surface area is 147 Å². The van der Waals surface area contributed by atoms with E-state index in [0.29, 0.717) is 19.8 Å². The molecule has 0 unspecified atom stereocenters. The van der Waals surface area contributed by atoms with Gasteiger partial charge in [-0.3, -0.25) is 4.84 Å². The summed E-state index contributed by atoms with van der Waals surface area (Å²) in [6.45, 7) is 21.8. The summed E-state index contributed by atoms with van der Waals surface area (Å²) >= 11 is 0. The zero-order valence-corrected chi connectivity index (χ0v) is 17.5. The topological polar surface area (TPSA) is 48.0 Å². The lowest BCUT2D eigenvalue weighted by molar-refractivity contribution is -0.138. The van der Waals surface area contributed by atoms with Crippen LogP contribution in [0.5, 0.6) is 0 Å². The van der Waals surface area contributed by atoms with Crippen LogP contribution >= 0.6 is 0 Å². The molecular formula is C18H33NO4Si. The summed E-state index contributed by atoms with van der Waals surface area (Å²) in [4.78, 5) is 17.5. The second-order valence-electron chi connectivity index (χ2n) is 8.70. The van der Waals surface area contributed by atoms with Crippen LogP contribution in [0.2, 0.25) is 18.1 Å². The van der Waals surface area contributed by atoms with Crippen LogP contribution in [0.4, 0.5) is 4.79 Å². The van der Waals surface area contributed by atoms with E-state index in [-0.39, 0.29) is 5.04 Å². The monoisotopic (exact) mass is 355 g/mol. The Hall–Kier alpha value is -1.11. The van der Waals surface area contributed by atoms with Crippen LogP contribution in [-0.2, 0) is 14.0 Å². The van der Waals surface area contributed by atoms with Gasteiger partial charge in [-0.15, -0.1) is 0 Å². The highest BCUT2D eigenvalue weighted by molar-refractivity contribution is 6.74. The van der Waals surface area contributed by atoms with Gasteiger partial charge in [-0.25, -0.2) is 4.79 Å². The Morgan fingerprint density at radius 3 is 2.29 bits per heavy atom. The van der Waals surface area contributed by atoms with Crippen molar-refractivity contribution in [3.8, 4) is 0 Å². The van der Waals surface area contributed by atoms with E-state index in [0.717, 1.165) is 11.1 Å². The maximum Gasteiger partial charge on any atom is 0.434 e. The predicted molar refractivity (Wildman–Crippen MR) is 99.3 cm³/mol. The number of carbonyl (C=O) groups is 1.